The van der Waals surface area contributed by atoms with Gasteiger partial charge in [0.15, 0.2) is 0 Å². The fourth-order valence-electron chi connectivity index (χ4n) is 2.02. The molecule has 6 heteroatoms. The lowest BCUT2D eigenvalue weighted by Crippen LogP contribution is -2.37. The van der Waals surface area contributed by atoms with Crippen molar-refractivity contribution in [2.24, 2.45) is 0 Å². The van der Waals surface area contributed by atoms with Crippen molar-refractivity contribution in [3.63, 3.8) is 0 Å². The maximum Gasteiger partial charge on any atom is 0.314 e. The monoisotopic (exact) mass is 319 g/mol. The quantitative estimate of drug-likeness (QED) is 0.731. The smallest absolute Gasteiger partial charge is 0.314 e. The van der Waals surface area contributed by atoms with Crippen molar-refractivity contribution >= 4 is 17.4 Å². The molecule has 2 rings (SSSR count). The summed E-state index contributed by atoms with van der Waals surface area (Å²) in [5.41, 5.74) is 3.05. The molecule has 0 spiro atoms. The Bertz CT molecular complexity index is 596. The Balaban J connectivity index is 1.60. The van der Waals surface area contributed by atoms with Crippen molar-refractivity contribution in [1.29, 1.82) is 0 Å². The molecule has 0 saturated carbocycles. The van der Waals surface area contributed by atoms with Crippen molar-refractivity contribution < 1.29 is 9.90 Å². The SMILES string of the molecule is Cc1nc(CCNC(=O)NCCc2ccc(CO)cc2)cs1. The second-order valence-electron chi connectivity index (χ2n) is 5.02. The van der Waals surface area contributed by atoms with E-state index in [-0.39, 0.29) is 12.6 Å². The summed E-state index contributed by atoms with van der Waals surface area (Å²) in [4.78, 5) is 16.0. The lowest BCUT2D eigenvalue weighted by atomic mass is 10.1. The van der Waals surface area contributed by atoms with Gasteiger partial charge >= 0.3 is 6.03 Å². The largest absolute Gasteiger partial charge is 0.392 e. The highest BCUT2D eigenvalue weighted by atomic mass is 32.1. The number of urea groups is 1. The zero-order valence-electron chi connectivity index (χ0n) is 12.6. The van der Waals surface area contributed by atoms with Gasteiger partial charge < -0.3 is 15.7 Å². The number of benzene rings is 1. The summed E-state index contributed by atoms with van der Waals surface area (Å²) in [6, 6.07) is 7.57. The second-order valence-corrected chi connectivity index (χ2v) is 6.08. The first-order valence-corrected chi connectivity index (χ1v) is 8.16. The van der Waals surface area contributed by atoms with Crippen LogP contribution in [0.4, 0.5) is 4.79 Å². The van der Waals surface area contributed by atoms with E-state index in [1.165, 1.54) is 0 Å². The zero-order valence-corrected chi connectivity index (χ0v) is 13.4. The van der Waals surface area contributed by atoms with E-state index < -0.39 is 0 Å². The minimum absolute atomic E-state index is 0.0550. The van der Waals surface area contributed by atoms with Gasteiger partial charge in [0.25, 0.3) is 0 Å². The third-order valence-corrected chi connectivity index (χ3v) is 4.06. The molecule has 5 nitrogen and oxygen atoms in total. The van der Waals surface area contributed by atoms with Crippen LogP contribution in [0.5, 0.6) is 0 Å². The summed E-state index contributed by atoms with van der Waals surface area (Å²) in [6.07, 6.45) is 1.52. The maximum absolute atomic E-state index is 11.7. The van der Waals surface area contributed by atoms with Gasteiger partial charge in [-0.05, 0) is 24.5 Å². The second kappa shape index (κ2) is 8.51. The molecule has 2 amide bonds. The molecule has 1 heterocycles. The van der Waals surface area contributed by atoms with Crippen LogP contribution in [0.15, 0.2) is 29.6 Å². The summed E-state index contributed by atoms with van der Waals surface area (Å²) in [5, 5.41) is 17.7. The van der Waals surface area contributed by atoms with E-state index in [2.05, 4.69) is 15.6 Å². The molecule has 0 aliphatic heterocycles. The number of amides is 2. The zero-order chi connectivity index (χ0) is 15.8. The standard InChI is InChI=1S/C16H21N3O2S/c1-12-19-15(11-22-12)7-9-18-16(21)17-8-6-13-2-4-14(10-20)5-3-13/h2-5,11,20H,6-10H2,1H3,(H2,17,18,21). The minimum Gasteiger partial charge on any atom is -0.392 e. The van der Waals surface area contributed by atoms with Crippen LogP contribution in [0, 0.1) is 6.92 Å². The first-order valence-electron chi connectivity index (χ1n) is 7.29. The van der Waals surface area contributed by atoms with E-state index in [4.69, 9.17) is 5.11 Å². The van der Waals surface area contributed by atoms with E-state index in [1.807, 2.05) is 36.6 Å². The van der Waals surface area contributed by atoms with Gasteiger partial charge in [-0.1, -0.05) is 24.3 Å². The highest BCUT2D eigenvalue weighted by Crippen LogP contribution is 2.07. The topological polar surface area (TPSA) is 74.2 Å². The number of aliphatic hydroxyl groups excluding tert-OH is 1. The molecular formula is C16H21N3O2S. The molecule has 0 saturated heterocycles. The number of aromatic nitrogens is 1. The van der Waals surface area contributed by atoms with Crippen LogP contribution in [-0.4, -0.2) is 29.2 Å². The Hall–Kier alpha value is -1.92. The highest BCUT2D eigenvalue weighted by molar-refractivity contribution is 7.09. The molecule has 0 aliphatic carbocycles. The van der Waals surface area contributed by atoms with Gasteiger partial charge in [-0.2, -0.15) is 0 Å². The number of rotatable bonds is 7. The number of thiazole rings is 1. The number of nitrogens with zero attached hydrogens (tertiary/aromatic N) is 1. The van der Waals surface area contributed by atoms with Crippen LogP contribution in [0.1, 0.15) is 21.8 Å². The molecule has 118 valence electrons. The Morgan fingerprint density at radius 1 is 1.14 bits per heavy atom. The third kappa shape index (κ3) is 5.46. The van der Waals surface area contributed by atoms with Gasteiger partial charge in [-0.25, -0.2) is 9.78 Å². The lowest BCUT2D eigenvalue weighted by Gasteiger charge is -2.07. The van der Waals surface area contributed by atoms with Gasteiger partial charge in [-0.15, -0.1) is 11.3 Å². The van der Waals surface area contributed by atoms with Crippen LogP contribution in [0.2, 0.25) is 0 Å². The molecule has 0 atom stereocenters. The number of hydrogen-bond acceptors (Lipinski definition) is 4. The fraction of sp³-hybridized carbons (Fsp3) is 0.375. The lowest BCUT2D eigenvalue weighted by molar-refractivity contribution is 0.241. The van der Waals surface area contributed by atoms with E-state index in [0.717, 1.165) is 34.7 Å². The summed E-state index contributed by atoms with van der Waals surface area (Å²) < 4.78 is 0. The fourth-order valence-corrected chi connectivity index (χ4v) is 2.67. The first kappa shape index (κ1) is 16.5. The molecule has 0 radical (unpaired) electrons. The normalized spacial score (nSPS) is 10.5. The highest BCUT2D eigenvalue weighted by Gasteiger charge is 2.02. The number of aliphatic hydroxyl groups is 1. The van der Waals surface area contributed by atoms with Crippen molar-refractivity contribution in [3.05, 3.63) is 51.5 Å². The van der Waals surface area contributed by atoms with Crippen molar-refractivity contribution in [2.75, 3.05) is 13.1 Å². The summed E-state index contributed by atoms with van der Waals surface area (Å²) in [7, 11) is 0. The predicted molar refractivity (Wildman–Crippen MR) is 88.0 cm³/mol. The van der Waals surface area contributed by atoms with Crippen LogP contribution in [0.25, 0.3) is 0 Å². The number of aryl methyl sites for hydroxylation is 1. The van der Waals surface area contributed by atoms with Crippen molar-refractivity contribution in [1.82, 2.24) is 15.6 Å². The van der Waals surface area contributed by atoms with E-state index in [0.29, 0.717) is 13.1 Å². The van der Waals surface area contributed by atoms with Gasteiger partial charge in [0.1, 0.15) is 0 Å². The van der Waals surface area contributed by atoms with Crippen LogP contribution in [0.3, 0.4) is 0 Å². The molecule has 1 aromatic carbocycles. The number of carbonyl (C=O) groups is 1. The Morgan fingerprint density at radius 3 is 2.36 bits per heavy atom. The number of nitrogens with one attached hydrogen (secondary N) is 2. The minimum atomic E-state index is -0.154. The Kier molecular flexibility index (Phi) is 6.36. The van der Waals surface area contributed by atoms with Crippen molar-refractivity contribution in [2.45, 2.75) is 26.4 Å². The van der Waals surface area contributed by atoms with Crippen molar-refractivity contribution in [3.8, 4) is 0 Å². The first-order chi connectivity index (χ1) is 10.7. The van der Waals surface area contributed by atoms with Crippen LogP contribution in [-0.2, 0) is 19.4 Å². The molecule has 0 fully saturated rings. The maximum atomic E-state index is 11.7. The summed E-state index contributed by atoms with van der Waals surface area (Å²) >= 11 is 1.62. The van der Waals surface area contributed by atoms with Crippen LogP contribution < -0.4 is 10.6 Å². The molecule has 0 unspecified atom stereocenters. The van der Waals surface area contributed by atoms with E-state index in [1.54, 1.807) is 11.3 Å². The van der Waals surface area contributed by atoms with Gasteiger partial charge in [0, 0.05) is 24.9 Å². The molecule has 0 aliphatic rings. The van der Waals surface area contributed by atoms with Gasteiger partial charge in [0.05, 0.1) is 17.3 Å². The van der Waals surface area contributed by atoms with E-state index >= 15 is 0 Å². The Labute approximate surface area is 134 Å². The molecular weight excluding hydrogens is 298 g/mol. The number of carbonyl (C=O) groups excluding carboxylic acids is 1. The van der Waals surface area contributed by atoms with Gasteiger partial charge in [-0.3, -0.25) is 0 Å². The average Bonchev–Trinajstić information content (AvgIpc) is 2.93. The Morgan fingerprint density at radius 2 is 1.77 bits per heavy atom. The molecule has 3 N–H and O–H groups in total. The molecule has 2 aromatic rings. The molecule has 0 bridgehead atoms. The molecule has 1 aromatic heterocycles. The van der Waals surface area contributed by atoms with Gasteiger partial charge in [0.2, 0.25) is 0 Å². The average molecular weight is 319 g/mol. The van der Waals surface area contributed by atoms with Crippen LogP contribution >= 0.6 is 11.3 Å². The number of hydrogen-bond donors (Lipinski definition) is 3. The molecule has 22 heavy (non-hydrogen) atoms. The summed E-state index contributed by atoms with van der Waals surface area (Å²) in [6.45, 7) is 3.20. The third-order valence-electron chi connectivity index (χ3n) is 3.24. The predicted octanol–water partition coefficient (Wildman–Crippen LogP) is 2.03. The summed E-state index contributed by atoms with van der Waals surface area (Å²) in [5.74, 6) is 0. The van der Waals surface area contributed by atoms with E-state index in [9.17, 15) is 4.79 Å².